The fourth-order valence-electron chi connectivity index (χ4n) is 3.76. The molecule has 0 saturated heterocycles. The first-order valence-electron chi connectivity index (χ1n) is 8.17. The Hall–Kier alpha value is -1.06. The van der Waals surface area contributed by atoms with Crippen LogP contribution in [0.2, 0.25) is 0 Å². The molecule has 4 atom stereocenters. The Morgan fingerprint density at radius 1 is 1.19 bits per heavy atom. The van der Waals surface area contributed by atoms with Crippen molar-refractivity contribution in [2.24, 2.45) is 5.92 Å². The van der Waals surface area contributed by atoms with Gasteiger partial charge in [0.15, 0.2) is 0 Å². The van der Waals surface area contributed by atoms with Gasteiger partial charge in [-0.2, -0.15) is 0 Å². The number of rotatable bonds is 3. The number of fused-ring (bicyclic) bond motifs is 1. The minimum Gasteiger partial charge on any atom is -0.497 e. The number of hydrogen-bond acceptors (Lipinski definition) is 3. The highest BCUT2D eigenvalue weighted by molar-refractivity contribution is 5.39. The first-order chi connectivity index (χ1) is 10.2. The summed E-state index contributed by atoms with van der Waals surface area (Å²) in [5.74, 6) is 1.61. The normalized spacial score (nSPS) is 32.5. The predicted molar refractivity (Wildman–Crippen MR) is 82.6 cm³/mol. The Morgan fingerprint density at radius 2 is 2.05 bits per heavy atom. The highest BCUT2D eigenvalue weighted by Gasteiger charge is 2.32. The van der Waals surface area contributed by atoms with Crippen LogP contribution in [-0.4, -0.2) is 24.4 Å². The molecule has 4 unspecified atom stereocenters. The summed E-state index contributed by atoms with van der Waals surface area (Å²) in [4.78, 5) is 0. The molecule has 0 aliphatic heterocycles. The Labute approximate surface area is 127 Å². The lowest BCUT2D eigenvalue weighted by Crippen LogP contribution is -2.34. The molecule has 2 aliphatic rings. The van der Waals surface area contributed by atoms with Crippen molar-refractivity contribution in [2.45, 2.75) is 63.8 Å². The molecule has 116 valence electrons. The van der Waals surface area contributed by atoms with Gasteiger partial charge in [0.2, 0.25) is 0 Å². The van der Waals surface area contributed by atoms with Crippen LogP contribution in [0.1, 0.15) is 56.3 Å². The standard InChI is InChI=1S/C18H26O3/c1-12-4-3-5-15(10-12)21-17-9-6-13-11-14(20-2)7-8-16(13)18(17)19/h7-8,11-12,15,17-19H,3-6,9-10H2,1-2H3. The minimum absolute atomic E-state index is 0.0544. The van der Waals surface area contributed by atoms with E-state index in [0.29, 0.717) is 6.10 Å². The van der Waals surface area contributed by atoms with Gasteiger partial charge in [0.05, 0.1) is 19.3 Å². The summed E-state index contributed by atoms with van der Waals surface area (Å²) >= 11 is 0. The van der Waals surface area contributed by atoms with Crippen LogP contribution in [0.25, 0.3) is 0 Å². The monoisotopic (exact) mass is 290 g/mol. The first kappa shape index (κ1) is 14.9. The van der Waals surface area contributed by atoms with Crippen molar-refractivity contribution in [3.05, 3.63) is 29.3 Å². The van der Waals surface area contributed by atoms with Gasteiger partial charge < -0.3 is 14.6 Å². The molecule has 0 heterocycles. The third kappa shape index (κ3) is 3.24. The second-order valence-corrected chi connectivity index (χ2v) is 6.62. The summed E-state index contributed by atoms with van der Waals surface area (Å²) in [6, 6.07) is 5.95. The summed E-state index contributed by atoms with van der Waals surface area (Å²) in [5.41, 5.74) is 2.20. The second-order valence-electron chi connectivity index (χ2n) is 6.62. The molecule has 0 spiro atoms. The van der Waals surface area contributed by atoms with Gasteiger partial charge in [-0.05, 0) is 54.9 Å². The molecule has 0 bridgehead atoms. The van der Waals surface area contributed by atoms with Gasteiger partial charge in [-0.3, -0.25) is 0 Å². The lowest BCUT2D eigenvalue weighted by atomic mass is 9.85. The maximum atomic E-state index is 10.6. The molecule has 1 saturated carbocycles. The van der Waals surface area contributed by atoms with Gasteiger partial charge in [-0.1, -0.05) is 25.8 Å². The number of hydrogen-bond donors (Lipinski definition) is 1. The fraction of sp³-hybridized carbons (Fsp3) is 0.667. The van der Waals surface area contributed by atoms with E-state index in [9.17, 15) is 5.11 Å². The van der Waals surface area contributed by atoms with E-state index in [0.717, 1.165) is 42.9 Å². The van der Waals surface area contributed by atoms with E-state index >= 15 is 0 Å². The maximum Gasteiger partial charge on any atom is 0.119 e. The van der Waals surface area contributed by atoms with Crippen molar-refractivity contribution in [1.82, 2.24) is 0 Å². The summed E-state index contributed by atoms with van der Waals surface area (Å²) in [6.45, 7) is 2.30. The van der Waals surface area contributed by atoms with Crippen LogP contribution in [0.4, 0.5) is 0 Å². The minimum atomic E-state index is -0.503. The van der Waals surface area contributed by atoms with Gasteiger partial charge in [-0.15, -0.1) is 0 Å². The van der Waals surface area contributed by atoms with Gasteiger partial charge in [-0.25, -0.2) is 0 Å². The van der Waals surface area contributed by atoms with Crippen LogP contribution >= 0.6 is 0 Å². The average Bonchev–Trinajstić information content (AvgIpc) is 2.50. The van der Waals surface area contributed by atoms with E-state index in [1.54, 1.807) is 7.11 Å². The van der Waals surface area contributed by atoms with Crippen molar-refractivity contribution in [3.8, 4) is 5.75 Å². The van der Waals surface area contributed by atoms with Crippen LogP contribution in [0, 0.1) is 5.92 Å². The molecule has 2 aliphatic carbocycles. The van der Waals surface area contributed by atoms with Crippen molar-refractivity contribution < 1.29 is 14.6 Å². The van der Waals surface area contributed by atoms with Gasteiger partial charge >= 0.3 is 0 Å². The molecule has 1 fully saturated rings. The van der Waals surface area contributed by atoms with E-state index in [1.165, 1.54) is 18.4 Å². The van der Waals surface area contributed by atoms with Crippen molar-refractivity contribution in [3.63, 3.8) is 0 Å². The zero-order chi connectivity index (χ0) is 14.8. The van der Waals surface area contributed by atoms with Gasteiger partial charge in [0, 0.05) is 0 Å². The number of aliphatic hydroxyl groups is 1. The summed E-state index contributed by atoms with van der Waals surface area (Å²) < 4.78 is 11.5. The molecular formula is C18H26O3. The molecule has 3 heteroatoms. The molecule has 0 amide bonds. The maximum absolute atomic E-state index is 10.6. The number of aryl methyl sites for hydroxylation is 1. The smallest absolute Gasteiger partial charge is 0.119 e. The molecule has 3 rings (SSSR count). The predicted octanol–water partition coefficient (Wildman–Crippen LogP) is 3.64. The summed E-state index contributed by atoms with van der Waals surface area (Å²) in [7, 11) is 1.68. The topological polar surface area (TPSA) is 38.7 Å². The highest BCUT2D eigenvalue weighted by Crippen LogP contribution is 2.36. The SMILES string of the molecule is COc1ccc2c(c1)CCC(OC1CCCC(C)C1)C2O. The molecule has 3 nitrogen and oxygen atoms in total. The van der Waals surface area contributed by atoms with E-state index in [1.807, 2.05) is 18.2 Å². The Kier molecular flexibility index (Phi) is 4.51. The Balaban J connectivity index is 1.68. The van der Waals surface area contributed by atoms with E-state index in [2.05, 4.69) is 6.92 Å². The van der Waals surface area contributed by atoms with E-state index in [4.69, 9.17) is 9.47 Å². The number of aliphatic hydroxyl groups excluding tert-OH is 1. The molecular weight excluding hydrogens is 264 g/mol. The zero-order valence-electron chi connectivity index (χ0n) is 13.0. The largest absolute Gasteiger partial charge is 0.497 e. The van der Waals surface area contributed by atoms with Crippen molar-refractivity contribution >= 4 is 0 Å². The highest BCUT2D eigenvalue weighted by atomic mass is 16.5. The number of benzene rings is 1. The van der Waals surface area contributed by atoms with Gasteiger partial charge in [0.1, 0.15) is 11.9 Å². The Morgan fingerprint density at radius 3 is 2.81 bits per heavy atom. The van der Waals surface area contributed by atoms with Crippen LogP contribution in [0.5, 0.6) is 5.75 Å². The summed E-state index contributed by atoms with van der Waals surface area (Å²) in [6.07, 6.45) is 6.47. The second kappa shape index (κ2) is 6.37. The van der Waals surface area contributed by atoms with Crippen LogP contribution in [0.15, 0.2) is 18.2 Å². The molecule has 1 aromatic rings. The molecule has 0 aromatic heterocycles. The molecule has 1 aromatic carbocycles. The number of ether oxygens (including phenoxy) is 2. The third-order valence-corrected chi connectivity index (χ3v) is 4.97. The third-order valence-electron chi connectivity index (χ3n) is 4.97. The summed E-state index contributed by atoms with van der Waals surface area (Å²) in [5, 5.41) is 10.6. The van der Waals surface area contributed by atoms with Crippen LogP contribution in [0.3, 0.4) is 0 Å². The number of methoxy groups -OCH3 is 1. The van der Waals surface area contributed by atoms with E-state index in [-0.39, 0.29) is 6.10 Å². The zero-order valence-corrected chi connectivity index (χ0v) is 13.0. The van der Waals surface area contributed by atoms with Crippen molar-refractivity contribution in [2.75, 3.05) is 7.11 Å². The lowest BCUT2D eigenvalue weighted by Gasteiger charge is -2.35. The average molecular weight is 290 g/mol. The molecule has 0 radical (unpaired) electrons. The lowest BCUT2D eigenvalue weighted by molar-refractivity contribution is -0.101. The molecule has 21 heavy (non-hydrogen) atoms. The Bertz CT molecular complexity index is 485. The van der Waals surface area contributed by atoms with Crippen molar-refractivity contribution in [1.29, 1.82) is 0 Å². The van der Waals surface area contributed by atoms with Gasteiger partial charge in [0.25, 0.3) is 0 Å². The van der Waals surface area contributed by atoms with Crippen LogP contribution in [-0.2, 0) is 11.2 Å². The quantitative estimate of drug-likeness (QED) is 0.923. The van der Waals surface area contributed by atoms with E-state index < -0.39 is 6.10 Å². The van der Waals surface area contributed by atoms with Crippen LogP contribution < -0.4 is 4.74 Å². The first-order valence-corrected chi connectivity index (χ1v) is 8.17. The molecule has 1 N–H and O–H groups in total. The fourth-order valence-corrected chi connectivity index (χ4v) is 3.76.